The Labute approximate surface area is 114 Å². The second kappa shape index (κ2) is 5.75. The summed E-state index contributed by atoms with van der Waals surface area (Å²) in [7, 11) is 1.69. The van der Waals surface area contributed by atoms with Crippen LogP contribution in [0.2, 0.25) is 0 Å². The van der Waals surface area contributed by atoms with Crippen LogP contribution in [0.4, 0.5) is 15.9 Å². The predicted molar refractivity (Wildman–Crippen MR) is 70.6 cm³/mol. The number of aromatic nitrogens is 2. The standard InChI is InChI=1S/C13H10FN5O/c1-16-12-7-17-11(6-18-12)13(20)19-9-2-3-10(14)8(4-9)5-15/h2-4,6-7H,1H3,(H,16,18)(H,19,20). The summed E-state index contributed by atoms with van der Waals surface area (Å²) < 4.78 is 13.1. The molecule has 0 aliphatic carbocycles. The minimum absolute atomic E-state index is 0.117. The van der Waals surface area contributed by atoms with E-state index in [-0.39, 0.29) is 11.3 Å². The molecule has 0 unspecified atom stereocenters. The lowest BCUT2D eigenvalue weighted by Gasteiger charge is -2.05. The van der Waals surface area contributed by atoms with Crippen molar-refractivity contribution in [2.75, 3.05) is 17.7 Å². The van der Waals surface area contributed by atoms with Crippen LogP contribution in [0.3, 0.4) is 0 Å². The van der Waals surface area contributed by atoms with Gasteiger partial charge in [0, 0.05) is 12.7 Å². The number of rotatable bonds is 3. The molecule has 0 bridgehead atoms. The van der Waals surface area contributed by atoms with E-state index in [1.165, 1.54) is 24.5 Å². The smallest absolute Gasteiger partial charge is 0.275 e. The molecular formula is C13H10FN5O. The SMILES string of the molecule is CNc1cnc(C(=O)Nc2ccc(F)c(C#N)c2)cn1. The van der Waals surface area contributed by atoms with Crippen LogP contribution in [-0.2, 0) is 0 Å². The van der Waals surface area contributed by atoms with Gasteiger partial charge in [-0.15, -0.1) is 0 Å². The van der Waals surface area contributed by atoms with E-state index in [0.29, 0.717) is 11.5 Å². The van der Waals surface area contributed by atoms with Crippen molar-refractivity contribution in [3.8, 4) is 6.07 Å². The van der Waals surface area contributed by atoms with Gasteiger partial charge in [0.2, 0.25) is 0 Å². The first kappa shape index (κ1) is 13.4. The molecule has 0 fully saturated rings. The Bertz CT molecular complexity index is 678. The van der Waals surface area contributed by atoms with Gasteiger partial charge in [0.1, 0.15) is 23.4 Å². The molecule has 2 rings (SSSR count). The quantitative estimate of drug-likeness (QED) is 0.888. The third-order valence-corrected chi connectivity index (χ3v) is 2.49. The molecule has 0 atom stereocenters. The highest BCUT2D eigenvalue weighted by Crippen LogP contribution is 2.14. The van der Waals surface area contributed by atoms with Crippen molar-refractivity contribution >= 4 is 17.4 Å². The number of nitriles is 1. The summed E-state index contributed by atoms with van der Waals surface area (Å²) in [6.07, 6.45) is 2.73. The summed E-state index contributed by atoms with van der Waals surface area (Å²) in [6, 6.07) is 5.43. The van der Waals surface area contributed by atoms with Crippen LogP contribution in [-0.4, -0.2) is 22.9 Å². The number of halogens is 1. The Morgan fingerprint density at radius 1 is 1.35 bits per heavy atom. The van der Waals surface area contributed by atoms with Crippen molar-refractivity contribution in [3.63, 3.8) is 0 Å². The van der Waals surface area contributed by atoms with E-state index in [0.717, 1.165) is 6.07 Å². The second-order valence-electron chi connectivity index (χ2n) is 3.80. The second-order valence-corrected chi connectivity index (χ2v) is 3.80. The predicted octanol–water partition coefficient (Wildman–Crippen LogP) is 1.78. The van der Waals surface area contributed by atoms with Crippen LogP contribution in [0.15, 0.2) is 30.6 Å². The maximum absolute atomic E-state index is 13.1. The van der Waals surface area contributed by atoms with Gasteiger partial charge in [-0.3, -0.25) is 4.79 Å². The average molecular weight is 271 g/mol. The summed E-state index contributed by atoms with van der Waals surface area (Å²) in [5.74, 6) is -0.589. The number of nitrogens with zero attached hydrogens (tertiary/aromatic N) is 3. The van der Waals surface area contributed by atoms with E-state index in [4.69, 9.17) is 5.26 Å². The first-order chi connectivity index (χ1) is 9.63. The molecule has 0 saturated carbocycles. The number of hydrogen-bond acceptors (Lipinski definition) is 5. The van der Waals surface area contributed by atoms with Gasteiger partial charge in [0.25, 0.3) is 5.91 Å². The fourth-order valence-corrected chi connectivity index (χ4v) is 1.46. The van der Waals surface area contributed by atoms with E-state index in [2.05, 4.69) is 20.6 Å². The zero-order valence-corrected chi connectivity index (χ0v) is 10.5. The molecule has 1 aromatic carbocycles. The van der Waals surface area contributed by atoms with Gasteiger partial charge in [0.15, 0.2) is 0 Å². The molecule has 6 nitrogen and oxygen atoms in total. The van der Waals surface area contributed by atoms with Crippen molar-refractivity contribution in [1.29, 1.82) is 5.26 Å². The summed E-state index contributed by atoms with van der Waals surface area (Å²) in [6.45, 7) is 0. The van der Waals surface area contributed by atoms with Crippen LogP contribution in [0, 0.1) is 17.1 Å². The number of amides is 1. The van der Waals surface area contributed by atoms with E-state index in [1.54, 1.807) is 13.1 Å². The van der Waals surface area contributed by atoms with Gasteiger partial charge >= 0.3 is 0 Å². The number of carbonyl (C=O) groups excluding carboxylic acids is 1. The largest absolute Gasteiger partial charge is 0.372 e. The first-order valence-corrected chi connectivity index (χ1v) is 5.65. The number of carbonyl (C=O) groups is 1. The van der Waals surface area contributed by atoms with Crippen LogP contribution in [0.1, 0.15) is 16.1 Å². The molecule has 100 valence electrons. The molecule has 2 N–H and O–H groups in total. The van der Waals surface area contributed by atoms with Gasteiger partial charge in [-0.2, -0.15) is 5.26 Å². The summed E-state index contributed by atoms with van der Waals surface area (Å²) in [4.78, 5) is 19.8. The highest BCUT2D eigenvalue weighted by atomic mass is 19.1. The van der Waals surface area contributed by atoms with Crippen molar-refractivity contribution in [2.45, 2.75) is 0 Å². The van der Waals surface area contributed by atoms with Crippen molar-refractivity contribution in [1.82, 2.24) is 9.97 Å². The molecular weight excluding hydrogens is 261 g/mol. The zero-order chi connectivity index (χ0) is 14.5. The van der Waals surface area contributed by atoms with Crippen molar-refractivity contribution < 1.29 is 9.18 Å². The minimum Gasteiger partial charge on any atom is -0.372 e. The molecule has 1 heterocycles. The minimum atomic E-state index is -0.635. The molecule has 0 aliphatic heterocycles. The number of hydrogen-bond donors (Lipinski definition) is 2. The van der Waals surface area contributed by atoms with Crippen LogP contribution in [0.25, 0.3) is 0 Å². The first-order valence-electron chi connectivity index (χ1n) is 5.65. The Kier molecular flexibility index (Phi) is 3.86. The molecule has 7 heteroatoms. The van der Waals surface area contributed by atoms with Crippen molar-refractivity contribution in [3.05, 3.63) is 47.7 Å². The highest BCUT2D eigenvalue weighted by Gasteiger charge is 2.10. The Morgan fingerprint density at radius 3 is 2.75 bits per heavy atom. The lowest BCUT2D eigenvalue weighted by atomic mass is 10.2. The molecule has 0 radical (unpaired) electrons. The van der Waals surface area contributed by atoms with E-state index in [1.807, 2.05) is 0 Å². The molecule has 1 amide bonds. The fourth-order valence-electron chi connectivity index (χ4n) is 1.46. The van der Waals surface area contributed by atoms with E-state index < -0.39 is 11.7 Å². The maximum atomic E-state index is 13.1. The van der Waals surface area contributed by atoms with Gasteiger partial charge in [0.05, 0.1) is 18.0 Å². The number of anilines is 2. The number of benzene rings is 1. The normalized spacial score (nSPS) is 9.65. The summed E-state index contributed by atoms with van der Waals surface area (Å²) in [5.41, 5.74) is 0.290. The Morgan fingerprint density at radius 2 is 2.15 bits per heavy atom. The lowest BCUT2D eigenvalue weighted by Crippen LogP contribution is -2.14. The fraction of sp³-hybridized carbons (Fsp3) is 0.0769. The van der Waals surface area contributed by atoms with Gasteiger partial charge in [-0.1, -0.05) is 0 Å². The van der Waals surface area contributed by atoms with Crippen LogP contribution < -0.4 is 10.6 Å². The monoisotopic (exact) mass is 271 g/mol. The lowest BCUT2D eigenvalue weighted by molar-refractivity contribution is 0.102. The van der Waals surface area contributed by atoms with Gasteiger partial charge in [-0.05, 0) is 18.2 Å². The third-order valence-electron chi connectivity index (χ3n) is 2.49. The molecule has 20 heavy (non-hydrogen) atoms. The molecule has 0 spiro atoms. The number of nitrogens with one attached hydrogen (secondary N) is 2. The Hall–Kier alpha value is -3.01. The Balaban J connectivity index is 2.17. The zero-order valence-electron chi connectivity index (χ0n) is 10.5. The molecule has 0 saturated heterocycles. The average Bonchev–Trinajstić information content (AvgIpc) is 2.49. The van der Waals surface area contributed by atoms with Gasteiger partial charge < -0.3 is 10.6 Å². The maximum Gasteiger partial charge on any atom is 0.275 e. The van der Waals surface area contributed by atoms with E-state index >= 15 is 0 Å². The van der Waals surface area contributed by atoms with Crippen LogP contribution in [0.5, 0.6) is 0 Å². The van der Waals surface area contributed by atoms with Crippen molar-refractivity contribution in [2.24, 2.45) is 0 Å². The topological polar surface area (TPSA) is 90.7 Å². The highest BCUT2D eigenvalue weighted by molar-refractivity contribution is 6.02. The summed E-state index contributed by atoms with van der Waals surface area (Å²) >= 11 is 0. The molecule has 1 aromatic heterocycles. The third kappa shape index (κ3) is 2.87. The summed E-state index contributed by atoms with van der Waals surface area (Å²) in [5, 5.41) is 14.0. The molecule has 2 aromatic rings. The van der Waals surface area contributed by atoms with Crippen LogP contribution >= 0.6 is 0 Å². The van der Waals surface area contributed by atoms with Gasteiger partial charge in [-0.25, -0.2) is 14.4 Å². The molecule has 0 aliphatic rings. The van der Waals surface area contributed by atoms with E-state index in [9.17, 15) is 9.18 Å².